The maximum atomic E-state index is 12.9. The van der Waals surface area contributed by atoms with Crippen LogP contribution in [0.1, 0.15) is 19.3 Å². The highest BCUT2D eigenvalue weighted by Crippen LogP contribution is 2.29. The highest BCUT2D eigenvalue weighted by molar-refractivity contribution is 9.10. The zero-order valence-corrected chi connectivity index (χ0v) is 9.85. The van der Waals surface area contributed by atoms with Crippen molar-refractivity contribution < 1.29 is 4.39 Å². The number of nitrogens with one attached hydrogen (secondary N) is 1. The Bertz CT molecular complexity index is 392. The number of piperidine rings is 1. The van der Waals surface area contributed by atoms with Crippen LogP contribution in [0, 0.1) is 11.2 Å². The van der Waals surface area contributed by atoms with Gasteiger partial charge in [-0.2, -0.15) is 0 Å². The number of anilines is 1. The summed E-state index contributed by atoms with van der Waals surface area (Å²) < 4.78 is 13.6. The molecular formula is C11H12BrFN2. The highest BCUT2D eigenvalue weighted by atomic mass is 79.9. The first-order chi connectivity index (χ1) is 7.18. The van der Waals surface area contributed by atoms with E-state index >= 15 is 0 Å². The fourth-order valence-electron chi connectivity index (χ4n) is 1.80. The van der Waals surface area contributed by atoms with Crippen LogP contribution in [-0.2, 0) is 0 Å². The molecule has 2 rings (SSSR count). The third-order valence-corrected chi connectivity index (χ3v) is 3.21. The monoisotopic (exact) mass is 270 g/mol. The van der Waals surface area contributed by atoms with E-state index in [1.54, 1.807) is 6.07 Å². The Kier molecular flexibility index (Phi) is 3.05. The SMILES string of the molecule is N=C1CCCCN1c1ccc(F)cc1Br. The minimum Gasteiger partial charge on any atom is -0.329 e. The van der Waals surface area contributed by atoms with Gasteiger partial charge in [-0.05, 0) is 47.0 Å². The second kappa shape index (κ2) is 4.31. The second-order valence-electron chi connectivity index (χ2n) is 3.65. The number of halogens is 2. The van der Waals surface area contributed by atoms with Crippen molar-refractivity contribution in [1.82, 2.24) is 0 Å². The zero-order valence-electron chi connectivity index (χ0n) is 8.26. The summed E-state index contributed by atoms with van der Waals surface area (Å²) >= 11 is 3.33. The van der Waals surface area contributed by atoms with Gasteiger partial charge in [-0.25, -0.2) is 4.39 Å². The van der Waals surface area contributed by atoms with Gasteiger partial charge in [-0.15, -0.1) is 0 Å². The maximum absolute atomic E-state index is 12.9. The predicted octanol–water partition coefficient (Wildman–Crippen LogP) is 3.56. The Balaban J connectivity index is 2.31. The fraction of sp³-hybridized carbons (Fsp3) is 0.364. The summed E-state index contributed by atoms with van der Waals surface area (Å²) in [6.07, 6.45) is 2.98. The molecule has 0 amide bonds. The molecule has 0 atom stereocenters. The van der Waals surface area contributed by atoms with Crippen molar-refractivity contribution in [2.75, 3.05) is 11.4 Å². The van der Waals surface area contributed by atoms with Gasteiger partial charge in [-0.3, -0.25) is 5.41 Å². The van der Waals surface area contributed by atoms with Crippen molar-refractivity contribution in [3.05, 3.63) is 28.5 Å². The average Bonchev–Trinajstić information content (AvgIpc) is 2.20. The minimum atomic E-state index is -0.255. The van der Waals surface area contributed by atoms with Gasteiger partial charge < -0.3 is 4.90 Å². The smallest absolute Gasteiger partial charge is 0.124 e. The molecule has 2 nitrogen and oxygen atoms in total. The Morgan fingerprint density at radius 3 is 2.80 bits per heavy atom. The van der Waals surface area contributed by atoms with Crippen LogP contribution in [0.15, 0.2) is 22.7 Å². The molecule has 0 saturated carbocycles. The van der Waals surface area contributed by atoms with E-state index in [2.05, 4.69) is 15.9 Å². The molecule has 0 bridgehead atoms. The first kappa shape index (κ1) is 10.6. The molecule has 1 aliphatic rings. The number of hydrogen-bond acceptors (Lipinski definition) is 1. The second-order valence-corrected chi connectivity index (χ2v) is 4.51. The van der Waals surface area contributed by atoms with Crippen molar-refractivity contribution in [2.45, 2.75) is 19.3 Å². The normalized spacial score (nSPS) is 16.9. The average molecular weight is 271 g/mol. The summed E-state index contributed by atoms with van der Waals surface area (Å²) in [6.45, 7) is 0.850. The van der Waals surface area contributed by atoms with Gasteiger partial charge in [0, 0.05) is 17.4 Å². The molecule has 0 spiro atoms. The van der Waals surface area contributed by atoms with Gasteiger partial charge in [0.1, 0.15) is 11.7 Å². The number of rotatable bonds is 1. The molecule has 1 fully saturated rings. The van der Waals surface area contributed by atoms with Gasteiger partial charge in [0.15, 0.2) is 0 Å². The van der Waals surface area contributed by atoms with Gasteiger partial charge in [0.2, 0.25) is 0 Å². The summed E-state index contributed by atoms with van der Waals surface area (Å²) in [4.78, 5) is 1.94. The molecule has 0 aromatic heterocycles. The van der Waals surface area contributed by atoms with E-state index in [4.69, 9.17) is 5.41 Å². The molecular weight excluding hydrogens is 259 g/mol. The van der Waals surface area contributed by atoms with Crippen LogP contribution in [0.25, 0.3) is 0 Å². The molecule has 4 heteroatoms. The summed E-state index contributed by atoms with van der Waals surface area (Å²) in [5, 5.41) is 7.85. The third-order valence-electron chi connectivity index (χ3n) is 2.57. The molecule has 0 unspecified atom stereocenters. The van der Waals surface area contributed by atoms with Gasteiger partial charge in [0.05, 0.1) is 5.69 Å². The van der Waals surface area contributed by atoms with E-state index < -0.39 is 0 Å². The molecule has 1 aromatic carbocycles. The molecule has 1 heterocycles. The lowest BCUT2D eigenvalue weighted by Gasteiger charge is -2.30. The first-order valence-corrected chi connectivity index (χ1v) is 5.78. The van der Waals surface area contributed by atoms with Gasteiger partial charge in [0.25, 0.3) is 0 Å². The largest absolute Gasteiger partial charge is 0.329 e. The Morgan fingerprint density at radius 1 is 1.33 bits per heavy atom. The highest BCUT2D eigenvalue weighted by Gasteiger charge is 2.18. The van der Waals surface area contributed by atoms with E-state index in [0.717, 1.165) is 31.5 Å². The lowest BCUT2D eigenvalue weighted by Crippen LogP contribution is -2.34. The van der Waals surface area contributed by atoms with Crippen molar-refractivity contribution in [3.63, 3.8) is 0 Å². The predicted molar refractivity (Wildman–Crippen MR) is 63.0 cm³/mol. The molecule has 0 aliphatic carbocycles. The van der Waals surface area contributed by atoms with Crippen LogP contribution in [0.5, 0.6) is 0 Å². The number of hydrogen-bond donors (Lipinski definition) is 1. The number of nitrogens with zero attached hydrogens (tertiary/aromatic N) is 1. The van der Waals surface area contributed by atoms with E-state index in [0.29, 0.717) is 10.3 Å². The van der Waals surface area contributed by atoms with E-state index in [9.17, 15) is 4.39 Å². The molecule has 1 N–H and O–H groups in total. The molecule has 0 radical (unpaired) electrons. The molecule has 1 saturated heterocycles. The summed E-state index contributed by atoms with van der Waals surface area (Å²) in [5.74, 6) is 0.364. The summed E-state index contributed by atoms with van der Waals surface area (Å²) in [6, 6.07) is 4.60. The van der Waals surface area contributed by atoms with E-state index in [1.807, 2.05) is 4.90 Å². The van der Waals surface area contributed by atoms with E-state index in [1.165, 1.54) is 12.1 Å². The minimum absolute atomic E-state index is 0.255. The lowest BCUT2D eigenvalue weighted by atomic mass is 10.1. The van der Waals surface area contributed by atoms with Crippen LogP contribution in [-0.4, -0.2) is 12.4 Å². The van der Waals surface area contributed by atoms with Crippen molar-refractivity contribution in [2.24, 2.45) is 0 Å². The Labute approximate surface area is 96.7 Å². The number of amidine groups is 1. The maximum Gasteiger partial charge on any atom is 0.124 e. The molecule has 80 valence electrons. The first-order valence-electron chi connectivity index (χ1n) is 4.98. The Hall–Kier alpha value is -0.900. The standard InChI is InChI=1S/C11H12BrFN2/c12-9-7-8(13)4-5-10(9)15-6-2-1-3-11(15)14/h4-5,7,14H,1-3,6H2. The van der Waals surface area contributed by atoms with E-state index in [-0.39, 0.29) is 5.82 Å². The van der Waals surface area contributed by atoms with Crippen LogP contribution >= 0.6 is 15.9 Å². The van der Waals surface area contributed by atoms with Crippen molar-refractivity contribution in [1.29, 1.82) is 5.41 Å². The van der Waals surface area contributed by atoms with Gasteiger partial charge >= 0.3 is 0 Å². The summed E-state index contributed by atoms with van der Waals surface area (Å²) in [5.41, 5.74) is 0.890. The summed E-state index contributed by atoms with van der Waals surface area (Å²) in [7, 11) is 0. The number of benzene rings is 1. The Morgan fingerprint density at radius 2 is 2.13 bits per heavy atom. The topological polar surface area (TPSA) is 27.1 Å². The fourth-order valence-corrected chi connectivity index (χ4v) is 2.36. The van der Waals surface area contributed by atoms with Crippen LogP contribution < -0.4 is 4.90 Å². The van der Waals surface area contributed by atoms with Crippen LogP contribution in [0.2, 0.25) is 0 Å². The lowest BCUT2D eigenvalue weighted by molar-refractivity contribution is 0.626. The van der Waals surface area contributed by atoms with Gasteiger partial charge in [-0.1, -0.05) is 0 Å². The zero-order chi connectivity index (χ0) is 10.8. The molecule has 15 heavy (non-hydrogen) atoms. The van der Waals surface area contributed by atoms with Crippen molar-refractivity contribution in [3.8, 4) is 0 Å². The molecule has 1 aliphatic heterocycles. The van der Waals surface area contributed by atoms with Crippen LogP contribution in [0.4, 0.5) is 10.1 Å². The van der Waals surface area contributed by atoms with Crippen molar-refractivity contribution >= 4 is 27.5 Å². The quantitative estimate of drug-likeness (QED) is 0.830. The van der Waals surface area contributed by atoms with Crippen LogP contribution in [0.3, 0.4) is 0 Å². The molecule has 1 aromatic rings. The third kappa shape index (κ3) is 2.20.